The summed E-state index contributed by atoms with van der Waals surface area (Å²) in [5, 5.41) is 14.8. The lowest BCUT2D eigenvalue weighted by molar-refractivity contribution is -0.136. The normalized spacial score (nSPS) is 12.9. The molecule has 0 spiro atoms. The molecule has 0 radical (unpaired) electrons. The minimum Gasteiger partial charge on any atom is -0.493 e. The molecule has 0 saturated carbocycles. The molecular weight excluding hydrogens is 320 g/mol. The van der Waals surface area contributed by atoms with Gasteiger partial charge in [0, 0.05) is 24.1 Å². The SMILES string of the molecule is COc1ccc(NC(=O)C(=O)NCC(C)(O)CSC)cc1OC. The van der Waals surface area contributed by atoms with E-state index in [1.54, 1.807) is 25.1 Å². The first-order valence-corrected chi connectivity index (χ1v) is 8.25. The number of anilines is 1. The van der Waals surface area contributed by atoms with Crippen LogP contribution >= 0.6 is 11.8 Å². The summed E-state index contributed by atoms with van der Waals surface area (Å²) in [4.78, 5) is 23.6. The molecule has 128 valence electrons. The van der Waals surface area contributed by atoms with Crippen LogP contribution in [0.5, 0.6) is 11.5 Å². The van der Waals surface area contributed by atoms with Gasteiger partial charge in [0.05, 0.1) is 19.8 Å². The third-order valence-corrected chi connectivity index (χ3v) is 3.84. The van der Waals surface area contributed by atoms with Crippen LogP contribution < -0.4 is 20.1 Å². The Morgan fingerprint density at radius 3 is 2.43 bits per heavy atom. The van der Waals surface area contributed by atoms with Crippen molar-refractivity contribution in [2.75, 3.05) is 38.1 Å². The van der Waals surface area contributed by atoms with Gasteiger partial charge in [-0.2, -0.15) is 11.8 Å². The number of benzene rings is 1. The van der Waals surface area contributed by atoms with Crippen molar-refractivity contribution in [1.82, 2.24) is 5.32 Å². The molecule has 0 aliphatic heterocycles. The van der Waals surface area contributed by atoms with Gasteiger partial charge in [-0.15, -0.1) is 0 Å². The van der Waals surface area contributed by atoms with E-state index in [2.05, 4.69) is 10.6 Å². The second kappa shape index (κ2) is 8.64. The minimum atomic E-state index is -1.07. The second-order valence-corrected chi connectivity index (χ2v) is 6.00. The second-order valence-electron chi connectivity index (χ2n) is 5.14. The highest BCUT2D eigenvalue weighted by atomic mass is 32.2. The molecule has 1 aromatic carbocycles. The molecule has 1 rings (SSSR count). The maximum absolute atomic E-state index is 11.9. The molecule has 1 atom stereocenters. The van der Waals surface area contributed by atoms with Crippen molar-refractivity contribution < 1.29 is 24.2 Å². The fraction of sp³-hybridized carbons (Fsp3) is 0.467. The van der Waals surface area contributed by atoms with E-state index in [0.717, 1.165) is 0 Å². The van der Waals surface area contributed by atoms with Gasteiger partial charge in [-0.05, 0) is 25.3 Å². The molecule has 2 amide bonds. The predicted molar refractivity (Wildman–Crippen MR) is 90.2 cm³/mol. The Balaban J connectivity index is 2.63. The van der Waals surface area contributed by atoms with E-state index in [-0.39, 0.29) is 6.54 Å². The minimum absolute atomic E-state index is 0.00791. The van der Waals surface area contributed by atoms with Crippen molar-refractivity contribution in [3.63, 3.8) is 0 Å². The third kappa shape index (κ3) is 5.99. The number of carbonyl (C=O) groups excluding carboxylic acids is 2. The lowest BCUT2D eigenvalue weighted by Crippen LogP contribution is -2.45. The van der Waals surface area contributed by atoms with E-state index in [1.807, 2.05) is 6.26 Å². The van der Waals surface area contributed by atoms with Gasteiger partial charge in [0.2, 0.25) is 0 Å². The zero-order valence-corrected chi connectivity index (χ0v) is 14.5. The van der Waals surface area contributed by atoms with Gasteiger partial charge in [0.25, 0.3) is 0 Å². The zero-order chi connectivity index (χ0) is 17.5. The molecule has 0 fully saturated rings. The fourth-order valence-electron chi connectivity index (χ4n) is 1.81. The Morgan fingerprint density at radius 2 is 1.87 bits per heavy atom. The number of hydrogen-bond donors (Lipinski definition) is 3. The molecule has 23 heavy (non-hydrogen) atoms. The maximum atomic E-state index is 11.9. The highest BCUT2D eigenvalue weighted by Crippen LogP contribution is 2.29. The summed E-state index contributed by atoms with van der Waals surface area (Å²) in [6.45, 7) is 1.59. The number of aliphatic hydroxyl groups is 1. The molecule has 3 N–H and O–H groups in total. The van der Waals surface area contributed by atoms with Crippen LogP contribution in [0, 0.1) is 0 Å². The first-order valence-electron chi connectivity index (χ1n) is 6.85. The number of rotatable bonds is 7. The average molecular weight is 342 g/mol. The largest absolute Gasteiger partial charge is 0.493 e. The molecule has 0 heterocycles. The van der Waals surface area contributed by atoms with Crippen LogP contribution in [0.25, 0.3) is 0 Å². The summed E-state index contributed by atoms with van der Waals surface area (Å²) in [6.07, 6.45) is 1.85. The first-order chi connectivity index (χ1) is 10.8. The van der Waals surface area contributed by atoms with Gasteiger partial charge in [0.15, 0.2) is 11.5 Å². The van der Waals surface area contributed by atoms with Crippen molar-refractivity contribution >= 4 is 29.3 Å². The van der Waals surface area contributed by atoms with Crippen molar-refractivity contribution in [2.45, 2.75) is 12.5 Å². The quantitative estimate of drug-likeness (QED) is 0.636. The van der Waals surface area contributed by atoms with Gasteiger partial charge in [0.1, 0.15) is 0 Å². The van der Waals surface area contributed by atoms with Crippen LogP contribution in [-0.4, -0.2) is 55.3 Å². The van der Waals surface area contributed by atoms with Gasteiger partial charge < -0.3 is 25.2 Å². The van der Waals surface area contributed by atoms with Crippen molar-refractivity contribution in [2.24, 2.45) is 0 Å². The summed E-state index contributed by atoms with van der Waals surface area (Å²) in [6, 6.07) is 4.76. The molecule has 0 aliphatic carbocycles. The lowest BCUT2D eigenvalue weighted by Gasteiger charge is -2.22. The monoisotopic (exact) mass is 342 g/mol. The summed E-state index contributed by atoms with van der Waals surface area (Å²) in [7, 11) is 2.98. The van der Waals surface area contributed by atoms with Gasteiger partial charge in [-0.3, -0.25) is 9.59 Å². The predicted octanol–water partition coefficient (Wildman–Crippen LogP) is 0.872. The molecule has 0 bridgehead atoms. The molecule has 0 aliphatic rings. The average Bonchev–Trinajstić information content (AvgIpc) is 2.52. The molecular formula is C15H22N2O5S. The van der Waals surface area contributed by atoms with Gasteiger partial charge in [-0.1, -0.05) is 0 Å². The molecule has 1 unspecified atom stereocenters. The van der Waals surface area contributed by atoms with E-state index in [9.17, 15) is 14.7 Å². The summed E-state index contributed by atoms with van der Waals surface area (Å²) in [5.41, 5.74) is -0.669. The van der Waals surface area contributed by atoms with Crippen LogP contribution in [0.15, 0.2) is 18.2 Å². The summed E-state index contributed by atoms with van der Waals surface area (Å²) < 4.78 is 10.2. The Labute approximate surface area is 139 Å². The molecule has 0 aromatic heterocycles. The number of hydrogen-bond acceptors (Lipinski definition) is 6. The van der Waals surface area contributed by atoms with Gasteiger partial charge >= 0.3 is 11.8 Å². The molecule has 1 aromatic rings. The maximum Gasteiger partial charge on any atom is 0.313 e. The van der Waals surface area contributed by atoms with E-state index in [4.69, 9.17) is 9.47 Å². The molecule has 8 heteroatoms. The Hall–Kier alpha value is -1.93. The van der Waals surface area contributed by atoms with Crippen molar-refractivity contribution in [3.8, 4) is 11.5 Å². The van der Waals surface area contributed by atoms with Crippen LogP contribution in [0.4, 0.5) is 5.69 Å². The fourth-order valence-corrected chi connectivity index (χ4v) is 2.54. The van der Waals surface area contributed by atoms with Crippen molar-refractivity contribution in [3.05, 3.63) is 18.2 Å². The highest BCUT2D eigenvalue weighted by molar-refractivity contribution is 7.98. The third-order valence-electron chi connectivity index (χ3n) is 2.93. The Morgan fingerprint density at radius 1 is 1.22 bits per heavy atom. The highest BCUT2D eigenvalue weighted by Gasteiger charge is 2.23. The first kappa shape index (κ1) is 19.1. The van der Waals surface area contributed by atoms with Crippen LogP contribution in [0.2, 0.25) is 0 Å². The van der Waals surface area contributed by atoms with E-state index in [0.29, 0.717) is 22.9 Å². The lowest BCUT2D eigenvalue weighted by atomic mass is 10.1. The summed E-state index contributed by atoms with van der Waals surface area (Å²) >= 11 is 1.45. The van der Waals surface area contributed by atoms with E-state index < -0.39 is 17.4 Å². The van der Waals surface area contributed by atoms with Gasteiger partial charge in [-0.25, -0.2) is 0 Å². The number of amides is 2. The number of nitrogens with one attached hydrogen (secondary N) is 2. The van der Waals surface area contributed by atoms with Crippen LogP contribution in [0.1, 0.15) is 6.92 Å². The summed E-state index contributed by atoms with van der Waals surface area (Å²) in [5.74, 6) is -0.236. The van der Waals surface area contributed by atoms with Crippen LogP contribution in [-0.2, 0) is 9.59 Å². The standard InChI is InChI=1S/C15H22N2O5S/c1-15(20,9-23-4)8-16-13(18)14(19)17-10-5-6-11(21-2)12(7-10)22-3/h5-7,20H,8-9H2,1-4H3,(H,16,18)(H,17,19). The number of methoxy groups -OCH3 is 2. The Kier molecular flexibility index (Phi) is 7.18. The van der Waals surface area contributed by atoms with E-state index >= 15 is 0 Å². The zero-order valence-electron chi connectivity index (χ0n) is 13.6. The molecule has 0 saturated heterocycles. The van der Waals surface area contributed by atoms with Crippen LogP contribution in [0.3, 0.4) is 0 Å². The molecule has 7 nitrogen and oxygen atoms in total. The number of thioether (sulfide) groups is 1. The van der Waals surface area contributed by atoms with E-state index in [1.165, 1.54) is 26.0 Å². The number of ether oxygens (including phenoxy) is 2. The Bertz CT molecular complexity index is 563. The number of carbonyl (C=O) groups is 2. The van der Waals surface area contributed by atoms with Crippen molar-refractivity contribution in [1.29, 1.82) is 0 Å². The topological polar surface area (TPSA) is 96.9 Å². The smallest absolute Gasteiger partial charge is 0.313 e.